The number of anilines is 1. The van der Waals surface area contributed by atoms with Gasteiger partial charge in [0.1, 0.15) is 5.75 Å². The van der Waals surface area contributed by atoms with Crippen LogP contribution in [0, 0.1) is 13.8 Å². The molecule has 0 spiro atoms. The number of nitrogens with zero attached hydrogens (tertiary/aromatic N) is 1. The zero-order valence-corrected chi connectivity index (χ0v) is 13.2. The fourth-order valence-corrected chi connectivity index (χ4v) is 2.68. The molecule has 0 fully saturated rings. The van der Waals surface area contributed by atoms with Gasteiger partial charge >= 0.3 is 0 Å². The van der Waals surface area contributed by atoms with Crippen molar-refractivity contribution in [2.24, 2.45) is 0 Å². The van der Waals surface area contributed by atoms with Gasteiger partial charge in [0, 0.05) is 30.5 Å². The first-order valence-electron chi connectivity index (χ1n) is 6.79. The maximum atomic E-state index is 6.20. The van der Waals surface area contributed by atoms with E-state index in [4.69, 9.17) is 16.3 Å². The summed E-state index contributed by atoms with van der Waals surface area (Å²) in [5.74, 6) is 0.802. The van der Waals surface area contributed by atoms with Gasteiger partial charge in [-0.05, 0) is 44.5 Å². The van der Waals surface area contributed by atoms with Crippen LogP contribution >= 0.6 is 11.6 Å². The molecule has 1 aromatic carbocycles. The number of aromatic nitrogens is 1. The molecule has 0 radical (unpaired) electrons. The third-order valence-corrected chi connectivity index (χ3v) is 3.97. The molecule has 20 heavy (non-hydrogen) atoms. The lowest BCUT2D eigenvalue weighted by Gasteiger charge is -2.11. The Kier molecular flexibility index (Phi) is 4.61. The molecule has 0 aliphatic heterocycles. The second-order valence-electron chi connectivity index (χ2n) is 4.84. The summed E-state index contributed by atoms with van der Waals surface area (Å²) in [6.45, 7) is 8.21. The van der Waals surface area contributed by atoms with Crippen molar-refractivity contribution in [2.75, 3.05) is 12.4 Å². The Morgan fingerprint density at radius 1 is 1.25 bits per heavy atom. The Bertz CT molecular complexity index is 605. The third kappa shape index (κ3) is 2.93. The standard InChI is InChI=1S/C16H21ClN2O/c1-5-19-11(2)8-13(12(19)3)10-18-16-9-14(20-4)6-7-15(16)17/h6-9,18H,5,10H2,1-4H3. The number of hydrogen-bond acceptors (Lipinski definition) is 2. The summed E-state index contributed by atoms with van der Waals surface area (Å²) in [5.41, 5.74) is 4.78. The van der Waals surface area contributed by atoms with E-state index < -0.39 is 0 Å². The van der Waals surface area contributed by atoms with Crippen LogP contribution in [0.5, 0.6) is 5.75 Å². The molecule has 0 saturated heterocycles. The van der Waals surface area contributed by atoms with Gasteiger partial charge in [-0.15, -0.1) is 0 Å². The van der Waals surface area contributed by atoms with Crippen LogP contribution < -0.4 is 10.1 Å². The van der Waals surface area contributed by atoms with Crippen LogP contribution in [-0.2, 0) is 13.1 Å². The van der Waals surface area contributed by atoms with Gasteiger partial charge in [0.15, 0.2) is 0 Å². The van der Waals surface area contributed by atoms with Crippen molar-refractivity contribution in [2.45, 2.75) is 33.9 Å². The summed E-state index contributed by atoms with van der Waals surface area (Å²) in [5, 5.41) is 4.09. The molecular formula is C16H21ClN2O. The van der Waals surface area contributed by atoms with Crippen LogP contribution in [-0.4, -0.2) is 11.7 Å². The van der Waals surface area contributed by atoms with Crippen molar-refractivity contribution in [3.63, 3.8) is 0 Å². The summed E-state index contributed by atoms with van der Waals surface area (Å²) in [4.78, 5) is 0. The van der Waals surface area contributed by atoms with Crippen molar-refractivity contribution < 1.29 is 4.74 Å². The number of nitrogens with one attached hydrogen (secondary N) is 1. The molecule has 1 heterocycles. The summed E-state index contributed by atoms with van der Waals surface area (Å²) in [7, 11) is 1.65. The summed E-state index contributed by atoms with van der Waals surface area (Å²) < 4.78 is 7.53. The minimum atomic E-state index is 0.704. The summed E-state index contributed by atoms with van der Waals surface area (Å²) in [6, 6.07) is 7.84. The average molecular weight is 293 g/mol. The van der Waals surface area contributed by atoms with E-state index in [9.17, 15) is 0 Å². The number of hydrogen-bond donors (Lipinski definition) is 1. The summed E-state index contributed by atoms with van der Waals surface area (Å²) in [6.07, 6.45) is 0. The number of ether oxygens (including phenoxy) is 1. The highest BCUT2D eigenvalue weighted by Gasteiger charge is 2.08. The Labute approximate surface area is 125 Å². The predicted octanol–water partition coefficient (Wildman–Crippen LogP) is 4.40. The highest BCUT2D eigenvalue weighted by atomic mass is 35.5. The smallest absolute Gasteiger partial charge is 0.121 e. The maximum Gasteiger partial charge on any atom is 0.121 e. The molecule has 108 valence electrons. The number of rotatable bonds is 5. The van der Waals surface area contributed by atoms with Crippen molar-refractivity contribution in [3.8, 4) is 5.75 Å². The zero-order valence-electron chi connectivity index (χ0n) is 12.5. The first-order valence-corrected chi connectivity index (χ1v) is 7.17. The van der Waals surface area contributed by atoms with Gasteiger partial charge in [-0.2, -0.15) is 0 Å². The molecule has 0 aliphatic rings. The third-order valence-electron chi connectivity index (χ3n) is 3.64. The molecule has 4 heteroatoms. The van der Waals surface area contributed by atoms with Gasteiger partial charge in [0.25, 0.3) is 0 Å². The minimum Gasteiger partial charge on any atom is -0.497 e. The second kappa shape index (κ2) is 6.23. The van der Waals surface area contributed by atoms with E-state index >= 15 is 0 Å². The van der Waals surface area contributed by atoms with Crippen molar-refractivity contribution >= 4 is 17.3 Å². The normalized spacial score (nSPS) is 10.7. The molecule has 1 N–H and O–H groups in total. The van der Waals surface area contributed by atoms with E-state index in [2.05, 4.69) is 36.7 Å². The van der Waals surface area contributed by atoms with Gasteiger partial charge in [-0.1, -0.05) is 11.6 Å². The fraction of sp³-hybridized carbons (Fsp3) is 0.375. The molecule has 0 amide bonds. The SMILES string of the molecule is CCn1c(C)cc(CNc2cc(OC)ccc2Cl)c1C. The van der Waals surface area contributed by atoms with Crippen LogP contribution in [0.2, 0.25) is 5.02 Å². The topological polar surface area (TPSA) is 26.2 Å². The maximum absolute atomic E-state index is 6.20. The highest BCUT2D eigenvalue weighted by Crippen LogP contribution is 2.27. The molecule has 0 unspecified atom stereocenters. The Balaban J connectivity index is 2.16. The summed E-state index contributed by atoms with van der Waals surface area (Å²) >= 11 is 6.20. The van der Waals surface area contributed by atoms with Crippen molar-refractivity contribution in [1.29, 1.82) is 0 Å². The Hall–Kier alpha value is -1.61. The first kappa shape index (κ1) is 14.8. The second-order valence-corrected chi connectivity index (χ2v) is 5.25. The molecule has 2 aromatic rings. The fourth-order valence-electron chi connectivity index (χ4n) is 2.50. The van der Waals surface area contributed by atoms with Crippen LogP contribution in [0.3, 0.4) is 0 Å². The van der Waals surface area contributed by atoms with Gasteiger partial charge in [-0.3, -0.25) is 0 Å². The zero-order chi connectivity index (χ0) is 14.7. The van der Waals surface area contributed by atoms with E-state index in [-0.39, 0.29) is 0 Å². The number of aryl methyl sites for hydroxylation is 1. The highest BCUT2D eigenvalue weighted by molar-refractivity contribution is 6.33. The lowest BCUT2D eigenvalue weighted by atomic mass is 10.2. The van der Waals surface area contributed by atoms with Crippen LogP contribution in [0.4, 0.5) is 5.69 Å². The van der Waals surface area contributed by atoms with E-state index in [1.165, 1.54) is 17.0 Å². The quantitative estimate of drug-likeness (QED) is 0.884. The van der Waals surface area contributed by atoms with E-state index in [1.54, 1.807) is 7.11 Å². The van der Waals surface area contributed by atoms with Crippen LogP contribution in [0.15, 0.2) is 24.3 Å². The lowest BCUT2D eigenvalue weighted by Crippen LogP contribution is -2.03. The predicted molar refractivity (Wildman–Crippen MR) is 84.9 cm³/mol. The van der Waals surface area contributed by atoms with E-state index in [0.29, 0.717) is 5.02 Å². The van der Waals surface area contributed by atoms with E-state index in [1.807, 2.05) is 18.2 Å². The number of methoxy groups -OCH3 is 1. The lowest BCUT2D eigenvalue weighted by molar-refractivity contribution is 0.415. The molecule has 0 bridgehead atoms. The molecule has 1 aromatic heterocycles. The van der Waals surface area contributed by atoms with E-state index in [0.717, 1.165) is 24.5 Å². The molecule has 0 aliphatic carbocycles. The van der Waals surface area contributed by atoms with Crippen LogP contribution in [0.25, 0.3) is 0 Å². The molecule has 0 saturated carbocycles. The van der Waals surface area contributed by atoms with Gasteiger partial charge in [-0.25, -0.2) is 0 Å². The monoisotopic (exact) mass is 292 g/mol. The molecule has 3 nitrogen and oxygen atoms in total. The number of halogens is 1. The largest absolute Gasteiger partial charge is 0.497 e. The van der Waals surface area contributed by atoms with Crippen LogP contribution in [0.1, 0.15) is 23.9 Å². The van der Waals surface area contributed by atoms with Crippen molar-refractivity contribution in [3.05, 3.63) is 46.2 Å². The Morgan fingerprint density at radius 3 is 2.60 bits per heavy atom. The Morgan fingerprint density at radius 2 is 2.00 bits per heavy atom. The van der Waals surface area contributed by atoms with Gasteiger partial charge in [0.2, 0.25) is 0 Å². The number of benzene rings is 1. The average Bonchev–Trinajstić information content (AvgIpc) is 2.72. The molecule has 2 rings (SSSR count). The molecule has 0 atom stereocenters. The minimum absolute atomic E-state index is 0.704. The van der Waals surface area contributed by atoms with Crippen molar-refractivity contribution in [1.82, 2.24) is 4.57 Å². The molecular weight excluding hydrogens is 272 g/mol. The van der Waals surface area contributed by atoms with Gasteiger partial charge in [0.05, 0.1) is 17.8 Å². The first-order chi connectivity index (χ1) is 9.56. The van der Waals surface area contributed by atoms with Gasteiger partial charge < -0.3 is 14.6 Å².